The second-order valence-electron chi connectivity index (χ2n) is 4.45. The van der Waals surface area contributed by atoms with E-state index >= 15 is 0 Å². The van der Waals surface area contributed by atoms with E-state index in [1.807, 2.05) is 13.8 Å². The average Bonchev–Trinajstić information content (AvgIpc) is 2.30. The van der Waals surface area contributed by atoms with Crippen molar-refractivity contribution in [3.8, 4) is 0 Å². The van der Waals surface area contributed by atoms with Gasteiger partial charge in [-0.25, -0.2) is 0 Å². The van der Waals surface area contributed by atoms with Gasteiger partial charge in [0.05, 0.1) is 5.56 Å². The minimum absolute atomic E-state index is 0.0861. The second kappa shape index (κ2) is 5.14. The third-order valence-corrected chi connectivity index (χ3v) is 3.20. The van der Waals surface area contributed by atoms with Crippen molar-refractivity contribution in [2.45, 2.75) is 44.9 Å². The molecule has 102 valence electrons. The molecule has 6 heteroatoms. The van der Waals surface area contributed by atoms with Gasteiger partial charge in [-0.2, -0.15) is 13.2 Å². The van der Waals surface area contributed by atoms with Crippen LogP contribution in [0.25, 0.3) is 0 Å². The van der Waals surface area contributed by atoms with E-state index in [0.29, 0.717) is 12.8 Å². The molecule has 0 unspecified atom stereocenters. The molecule has 1 rings (SSSR count). The molecule has 0 atom stereocenters. The summed E-state index contributed by atoms with van der Waals surface area (Å²) in [6.07, 6.45) is -2.45. The first-order valence-corrected chi connectivity index (χ1v) is 5.78. The molecule has 18 heavy (non-hydrogen) atoms. The summed E-state index contributed by atoms with van der Waals surface area (Å²) in [4.78, 5) is 11.5. The summed E-state index contributed by atoms with van der Waals surface area (Å²) in [7, 11) is 0. The second-order valence-corrected chi connectivity index (χ2v) is 4.45. The van der Waals surface area contributed by atoms with E-state index in [2.05, 4.69) is 0 Å². The van der Waals surface area contributed by atoms with E-state index in [4.69, 9.17) is 5.73 Å². The SMILES string of the molecule is CCC(N)(CC)Cn1cc(C(F)(F)F)ccc1=O. The lowest BCUT2D eigenvalue weighted by molar-refractivity contribution is -0.138. The van der Waals surface area contributed by atoms with Gasteiger partial charge in [-0.3, -0.25) is 4.79 Å². The van der Waals surface area contributed by atoms with Crippen LogP contribution in [0.4, 0.5) is 13.2 Å². The zero-order chi connectivity index (χ0) is 14.0. The molecule has 0 bridgehead atoms. The van der Waals surface area contributed by atoms with Crippen molar-refractivity contribution in [2.24, 2.45) is 5.73 Å². The van der Waals surface area contributed by atoms with Crippen molar-refractivity contribution in [2.75, 3.05) is 0 Å². The number of hydrogen-bond acceptors (Lipinski definition) is 2. The van der Waals surface area contributed by atoms with E-state index in [0.717, 1.165) is 22.9 Å². The molecule has 0 spiro atoms. The smallest absolute Gasteiger partial charge is 0.324 e. The van der Waals surface area contributed by atoms with Crippen LogP contribution in [0.5, 0.6) is 0 Å². The highest BCUT2D eigenvalue weighted by molar-refractivity contribution is 5.14. The van der Waals surface area contributed by atoms with Crippen molar-refractivity contribution in [1.29, 1.82) is 0 Å². The molecule has 1 heterocycles. The van der Waals surface area contributed by atoms with Gasteiger partial charge in [0.2, 0.25) is 0 Å². The molecule has 3 nitrogen and oxygen atoms in total. The highest BCUT2D eigenvalue weighted by Crippen LogP contribution is 2.28. The lowest BCUT2D eigenvalue weighted by Crippen LogP contribution is -2.45. The highest BCUT2D eigenvalue weighted by atomic mass is 19.4. The molecule has 0 aliphatic heterocycles. The van der Waals surface area contributed by atoms with Gasteiger partial charge in [-0.15, -0.1) is 0 Å². The molecule has 0 aliphatic rings. The predicted octanol–water partition coefficient (Wildman–Crippen LogP) is 2.38. The van der Waals surface area contributed by atoms with Crippen molar-refractivity contribution in [1.82, 2.24) is 4.57 Å². The van der Waals surface area contributed by atoms with Gasteiger partial charge in [-0.05, 0) is 18.9 Å². The van der Waals surface area contributed by atoms with E-state index in [1.165, 1.54) is 0 Å². The zero-order valence-corrected chi connectivity index (χ0v) is 10.4. The predicted molar refractivity (Wildman–Crippen MR) is 63.2 cm³/mol. The summed E-state index contributed by atoms with van der Waals surface area (Å²) in [5, 5.41) is 0. The highest BCUT2D eigenvalue weighted by Gasteiger charge is 2.31. The molecule has 0 fully saturated rings. The lowest BCUT2D eigenvalue weighted by atomic mass is 9.94. The summed E-state index contributed by atoms with van der Waals surface area (Å²) in [6, 6.07) is 1.71. The fourth-order valence-electron chi connectivity index (χ4n) is 1.64. The molecule has 0 saturated carbocycles. The first-order chi connectivity index (χ1) is 8.22. The van der Waals surface area contributed by atoms with E-state index < -0.39 is 22.8 Å². The van der Waals surface area contributed by atoms with Crippen molar-refractivity contribution < 1.29 is 13.2 Å². The van der Waals surface area contributed by atoms with Crippen LogP contribution in [0.15, 0.2) is 23.1 Å². The van der Waals surface area contributed by atoms with Crippen LogP contribution in [-0.4, -0.2) is 10.1 Å². The van der Waals surface area contributed by atoms with Gasteiger partial charge in [0, 0.05) is 24.3 Å². The maximum Gasteiger partial charge on any atom is 0.417 e. The van der Waals surface area contributed by atoms with Gasteiger partial charge in [0.15, 0.2) is 0 Å². The topological polar surface area (TPSA) is 48.0 Å². The Morgan fingerprint density at radius 1 is 1.22 bits per heavy atom. The van der Waals surface area contributed by atoms with Gasteiger partial charge in [0.25, 0.3) is 5.56 Å². The fourth-order valence-corrected chi connectivity index (χ4v) is 1.64. The Morgan fingerprint density at radius 2 is 1.78 bits per heavy atom. The number of aromatic nitrogens is 1. The zero-order valence-electron chi connectivity index (χ0n) is 10.4. The summed E-state index contributed by atoms with van der Waals surface area (Å²) >= 11 is 0. The lowest BCUT2D eigenvalue weighted by Gasteiger charge is -2.27. The maximum absolute atomic E-state index is 12.5. The van der Waals surface area contributed by atoms with E-state index in [-0.39, 0.29) is 6.54 Å². The molecule has 2 N–H and O–H groups in total. The molecule has 1 aromatic rings. The van der Waals surface area contributed by atoms with Crippen LogP contribution < -0.4 is 11.3 Å². The standard InChI is InChI=1S/C12H17F3N2O/c1-3-11(16,4-2)8-17-7-9(12(13,14)15)5-6-10(17)18/h5-7H,3-4,8,16H2,1-2H3. The van der Waals surface area contributed by atoms with Gasteiger partial charge in [0.1, 0.15) is 0 Å². The van der Waals surface area contributed by atoms with Crippen molar-refractivity contribution in [3.63, 3.8) is 0 Å². The van der Waals surface area contributed by atoms with E-state index in [1.54, 1.807) is 0 Å². The number of nitrogens with two attached hydrogens (primary N) is 1. The maximum atomic E-state index is 12.5. The normalized spacial score (nSPS) is 12.8. The van der Waals surface area contributed by atoms with Crippen LogP contribution in [-0.2, 0) is 12.7 Å². The third kappa shape index (κ3) is 3.35. The Kier molecular flexibility index (Phi) is 4.21. The van der Waals surface area contributed by atoms with Gasteiger partial charge in [-0.1, -0.05) is 13.8 Å². The Labute approximate surface area is 103 Å². The summed E-state index contributed by atoms with van der Waals surface area (Å²) in [5.74, 6) is 0. The van der Waals surface area contributed by atoms with Crippen molar-refractivity contribution in [3.05, 3.63) is 34.2 Å². The summed E-state index contributed by atoms with van der Waals surface area (Å²) < 4.78 is 38.7. The Balaban J connectivity index is 3.13. The number of rotatable bonds is 4. The molecule has 1 aromatic heterocycles. The monoisotopic (exact) mass is 262 g/mol. The van der Waals surface area contributed by atoms with Crippen LogP contribution >= 0.6 is 0 Å². The van der Waals surface area contributed by atoms with E-state index in [9.17, 15) is 18.0 Å². The van der Waals surface area contributed by atoms with Crippen LogP contribution in [0.3, 0.4) is 0 Å². The number of pyridine rings is 1. The molecule has 0 aromatic carbocycles. The Morgan fingerprint density at radius 3 is 2.22 bits per heavy atom. The van der Waals surface area contributed by atoms with Crippen LogP contribution in [0.1, 0.15) is 32.3 Å². The number of halogens is 3. The molecular formula is C12H17F3N2O. The molecule has 0 amide bonds. The number of hydrogen-bond donors (Lipinski definition) is 1. The van der Waals surface area contributed by atoms with Crippen LogP contribution in [0, 0.1) is 0 Å². The minimum atomic E-state index is -4.45. The quantitative estimate of drug-likeness (QED) is 0.905. The van der Waals surface area contributed by atoms with Crippen molar-refractivity contribution >= 4 is 0 Å². The molecule has 0 aliphatic carbocycles. The number of nitrogens with zero attached hydrogens (tertiary/aromatic N) is 1. The third-order valence-electron chi connectivity index (χ3n) is 3.20. The van der Waals surface area contributed by atoms with Gasteiger partial charge < -0.3 is 10.3 Å². The minimum Gasteiger partial charge on any atom is -0.324 e. The van der Waals surface area contributed by atoms with Gasteiger partial charge >= 0.3 is 6.18 Å². The summed E-state index contributed by atoms with van der Waals surface area (Å²) in [5.41, 5.74) is 4.05. The molecule has 0 saturated heterocycles. The first kappa shape index (κ1) is 14.8. The van der Waals surface area contributed by atoms with Crippen LogP contribution in [0.2, 0.25) is 0 Å². The summed E-state index contributed by atoms with van der Waals surface area (Å²) in [6.45, 7) is 3.78. The number of alkyl halides is 3. The first-order valence-electron chi connectivity index (χ1n) is 5.78. The largest absolute Gasteiger partial charge is 0.417 e. The average molecular weight is 262 g/mol. The molecular weight excluding hydrogens is 245 g/mol. The fraction of sp³-hybridized carbons (Fsp3) is 0.583. The Bertz CT molecular complexity index is 461. The molecule has 0 radical (unpaired) electrons. The Hall–Kier alpha value is -1.30.